The standard InChI is InChI=1S/C15H20NO3/c1-10-8-7-9-11(2)13(10)16(12(3)17)14(18)19-15(4,5)6/h7-8H,1-6H3. The molecule has 0 saturated heterocycles. The predicted molar refractivity (Wildman–Crippen MR) is 74.1 cm³/mol. The molecule has 0 aliphatic carbocycles. The number of hydrogen-bond acceptors (Lipinski definition) is 3. The maximum atomic E-state index is 12.2. The Balaban J connectivity index is 3.22. The smallest absolute Gasteiger partial charge is 0.421 e. The van der Waals surface area contributed by atoms with Gasteiger partial charge in [-0.05, 0) is 51.8 Å². The molecule has 0 bridgehead atoms. The average Bonchev–Trinajstić information content (AvgIpc) is 2.20. The van der Waals surface area contributed by atoms with Crippen LogP contribution in [-0.4, -0.2) is 17.6 Å². The highest BCUT2D eigenvalue weighted by atomic mass is 16.6. The quantitative estimate of drug-likeness (QED) is 0.779. The van der Waals surface area contributed by atoms with Gasteiger partial charge in [-0.15, -0.1) is 0 Å². The van der Waals surface area contributed by atoms with Gasteiger partial charge in [-0.1, -0.05) is 12.1 Å². The van der Waals surface area contributed by atoms with Gasteiger partial charge in [-0.3, -0.25) is 4.79 Å². The minimum Gasteiger partial charge on any atom is -0.443 e. The van der Waals surface area contributed by atoms with E-state index in [1.807, 2.05) is 19.9 Å². The van der Waals surface area contributed by atoms with Gasteiger partial charge in [0.25, 0.3) is 0 Å². The van der Waals surface area contributed by atoms with Gasteiger partial charge in [0, 0.05) is 6.92 Å². The molecule has 0 N–H and O–H groups in total. The fourth-order valence-electron chi connectivity index (χ4n) is 1.76. The molecule has 4 heteroatoms. The lowest BCUT2D eigenvalue weighted by molar-refractivity contribution is -0.116. The Morgan fingerprint density at radius 3 is 2.26 bits per heavy atom. The van der Waals surface area contributed by atoms with Crippen molar-refractivity contribution in [2.45, 2.75) is 47.1 Å². The van der Waals surface area contributed by atoms with E-state index in [1.165, 1.54) is 6.92 Å². The molecule has 0 heterocycles. The van der Waals surface area contributed by atoms with Gasteiger partial charge in [0.15, 0.2) is 0 Å². The van der Waals surface area contributed by atoms with E-state index in [9.17, 15) is 9.59 Å². The summed E-state index contributed by atoms with van der Waals surface area (Å²) in [6, 6.07) is 6.57. The number of nitrogens with zero attached hydrogens (tertiary/aromatic N) is 1. The average molecular weight is 262 g/mol. The maximum absolute atomic E-state index is 12.2. The molecule has 0 saturated carbocycles. The zero-order valence-electron chi connectivity index (χ0n) is 12.3. The lowest BCUT2D eigenvalue weighted by Gasteiger charge is -2.27. The summed E-state index contributed by atoms with van der Waals surface area (Å²) < 4.78 is 5.28. The lowest BCUT2D eigenvalue weighted by atomic mass is 10.1. The Kier molecular flexibility index (Phi) is 4.35. The third-order valence-corrected chi connectivity index (χ3v) is 2.48. The fraction of sp³-hybridized carbons (Fsp3) is 0.467. The summed E-state index contributed by atoms with van der Waals surface area (Å²) in [7, 11) is 0. The summed E-state index contributed by atoms with van der Waals surface area (Å²) >= 11 is 0. The van der Waals surface area contributed by atoms with Crippen LogP contribution in [0.25, 0.3) is 0 Å². The third kappa shape index (κ3) is 3.81. The first-order valence-electron chi connectivity index (χ1n) is 6.15. The van der Waals surface area contributed by atoms with Crippen LogP contribution < -0.4 is 4.90 Å². The predicted octanol–water partition coefficient (Wildman–Crippen LogP) is 3.39. The van der Waals surface area contributed by atoms with Gasteiger partial charge in [0.05, 0.1) is 5.69 Å². The molecule has 0 aliphatic rings. The minimum absolute atomic E-state index is 0.375. The van der Waals surface area contributed by atoms with Gasteiger partial charge >= 0.3 is 6.09 Å². The second-order valence-electron chi connectivity index (χ2n) is 5.47. The van der Waals surface area contributed by atoms with Crippen LogP contribution in [0.5, 0.6) is 0 Å². The van der Waals surface area contributed by atoms with Crippen LogP contribution in [0.15, 0.2) is 12.1 Å². The molecule has 0 fully saturated rings. The van der Waals surface area contributed by atoms with E-state index < -0.39 is 11.7 Å². The summed E-state index contributed by atoms with van der Waals surface area (Å²) in [6.45, 7) is 10.3. The van der Waals surface area contributed by atoms with Gasteiger partial charge in [0.1, 0.15) is 5.60 Å². The molecule has 0 aromatic heterocycles. The molecule has 1 aromatic rings. The van der Waals surface area contributed by atoms with Crippen LogP contribution in [0.2, 0.25) is 0 Å². The second kappa shape index (κ2) is 5.43. The van der Waals surface area contributed by atoms with Gasteiger partial charge < -0.3 is 4.74 Å². The van der Waals surface area contributed by atoms with Crippen LogP contribution in [0.4, 0.5) is 10.5 Å². The van der Waals surface area contributed by atoms with E-state index in [4.69, 9.17) is 4.74 Å². The van der Waals surface area contributed by atoms with Crippen LogP contribution in [0, 0.1) is 19.9 Å². The molecule has 1 aromatic carbocycles. The van der Waals surface area contributed by atoms with Crippen LogP contribution in [-0.2, 0) is 9.53 Å². The molecule has 0 atom stereocenters. The number of carbonyl (C=O) groups excluding carboxylic acids is 2. The van der Waals surface area contributed by atoms with E-state index in [2.05, 4.69) is 6.07 Å². The molecule has 19 heavy (non-hydrogen) atoms. The zero-order chi connectivity index (χ0) is 14.8. The second-order valence-corrected chi connectivity index (χ2v) is 5.47. The summed E-state index contributed by atoms with van der Waals surface area (Å²) in [5.74, 6) is -0.375. The Morgan fingerprint density at radius 1 is 1.26 bits per heavy atom. The van der Waals surface area contributed by atoms with Crippen molar-refractivity contribution in [3.8, 4) is 0 Å². The fourth-order valence-corrected chi connectivity index (χ4v) is 1.76. The van der Waals surface area contributed by atoms with Crippen molar-refractivity contribution in [1.29, 1.82) is 0 Å². The molecule has 103 valence electrons. The third-order valence-electron chi connectivity index (χ3n) is 2.48. The minimum atomic E-state index is -0.661. The number of benzene rings is 1. The van der Waals surface area contributed by atoms with E-state index in [0.29, 0.717) is 5.69 Å². The highest BCUT2D eigenvalue weighted by Crippen LogP contribution is 2.26. The van der Waals surface area contributed by atoms with Crippen molar-refractivity contribution >= 4 is 17.7 Å². The van der Waals surface area contributed by atoms with Gasteiger partial charge in [-0.25, -0.2) is 9.69 Å². The van der Waals surface area contributed by atoms with Crippen molar-refractivity contribution < 1.29 is 14.3 Å². The molecule has 0 unspecified atom stereocenters. The number of amides is 2. The summed E-state index contributed by atoms with van der Waals surface area (Å²) in [4.78, 5) is 25.0. The maximum Gasteiger partial charge on any atom is 0.421 e. The zero-order valence-corrected chi connectivity index (χ0v) is 12.3. The van der Waals surface area contributed by atoms with Crippen LogP contribution in [0.3, 0.4) is 0 Å². The topological polar surface area (TPSA) is 46.6 Å². The number of ether oxygens (including phenoxy) is 1. The van der Waals surface area contributed by atoms with Crippen molar-refractivity contribution in [3.63, 3.8) is 0 Å². The molecule has 1 radical (unpaired) electrons. The van der Waals surface area contributed by atoms with Crippen molar-refractivity contribution in [3.05, 3.63) is 29.3 Å². The number of anilines is 1. The first-order valence-corrected chi connectivity index (χ1v) is 6.15. The molecule has 1 rings (SSSR count). The summed E-state index contributed by atoms with van der Waals surface area (Å²) in [6.07, 6.45) is -0.661. The lowest BCUT2D eigenvalue weighted by Crippen LogP contribution is -2.40. The monoisotopic (exact) mass is 262 g/mol. The van der Waals surface area contributed by atoms with Crippen LogP contribution >= 0.6 is 0 Å². The van der Waals surface area contributed by atoms with Crippen molar-refractivity contribution in [2.75, 3.05) is 4.90 Å². The van der Waals surface area contributed by atoms with Gasteiger partial charge in [-0.2, -0.15) is 0 Å². The van der Waals surface area contributed by atoms with E-state index in [-0.39, 0.29) is 5.91 Å². The van der Waals surface area contributed by atoms with Crippen LogP contribution in [0.1, 0.15) is 38.8 Å². The Labute approximate surface area is 114 Å². The molecule has 0 spiro atoms. The Morgan fingerprint density at radius 2 is 1.84 bits per heavy atom. The van der Waals surface area contributed by atoms with E-state index in [0.717, 1.165) is 16.0 Å². The Hall–Kier alpha value is -1.84. The van der Waals surface area contributed by atoms with Crippen molar-refractivity contribution in [1.82, 2.24) is 0 Å². The SMILES string of the molecule is CC(=O)N(C(=O)OC(C)(C)C)c1c(C)[c]ccc1C. The molecular weight excluding hydrogens is 242 g/mol. The number of imide groups is 1. The highest BCUT2D eigenvalue weighted by molar-refractivity contribution is 6.12. The molecule has 0 aliphatic heterocycles. The summed E-state index contributed by atoms with van der Waals surface area (Å²) in [5.41, 5.74) is 1.47. The normalized spacial score (nSPS) is 11.1. The molecule has 4 nitrogen and oxygen atoms in total. The first-order chi connectivity index (χ1) is 8.63. The van der Waals surface area contributed by atoms with E-state index in [1.54, 1.807) is 26.8 Å². The van der Waals surface area contributed by atoms with Gasteiger partial charge in [0.2, 0.25) is 5.91 Å². The Bertz CT molecular complexity index is 480. The number of hydrogen-bond donors (Lipinski definition) is 0. The largest absolute Gasteiger partial charge is 0.443 e. The molecule has 2 amide bonds. The number of carbonyl (C=O) groups is 2. The highest BCUT2D eigenvalue weighted by Gasteiger charge is 2.28. The first kappa shape index (κ1) is 15.2. The summed E-state index contributed by atoms with van der Waals surface area (Å²) in [5, 5.41) is 0. The van der Waals surface area contributed by atoms with Crippen molar-refractivity contribution in [2.24, 2.45) is 0 Å². The number of aryl methyl sites for hydroxylation is 2. The molecular formula is C15H20NO3. The number of rotatable bonds is 1. The van der Waals surface area contributed by atoms with E-state index >= 15 is 0 Å².